The molecule has 0 unspecified atom stereocenters. The Balaban J connectivity index is 2.24. The number of carbonyl (C=O) groups excluding carboxylic acids is 1. The molecule has 0 radical (unpaired) electrons. The molecule has 0 aromatic heterocycles. The topological polar surface area (TPSA) is 63.2 Å². The van der Waals surface area contributed by atoms with Crippen LogP contribution in [0.2, 0.25) is 0 Å². The first-order chi connectivity index (χ1) is 12.0. The lowest BCUT2D eigenvalue weighted by Crippen LogP contribution is -2.58. The summed E-state index contributed by atoms with van der Waals surface area (Å²) < 4.78 is 27.2. The van der Waals surface area contributed by atoms with Crippen molar-refractivity contribution in [2.24, 2.45) is 5.41 Å². The molecule has 1 aromatic rings. The molecule has 140 valence electrons. The standard InChI is InChI=1S/C19H28O6/c1-7-19(8-2)15(23-5)11-16(19)25-18(20)12-9-13(21-3)17(24-6)14(10-12)22-4/h9-10,15-16H,7-8,11H2,1-6H3/t15-,16-/m1/s1. The molecule has 25 heavy (non-hydrogen) atoms. The average molecular weight is 352 g/mol. The van der Waals surface area contributed by atoms with Crippen LogP contribution in [0.15, 0.2) is 12.1 Å². The molecule has 6 heteroatoms. The molecule has 0 aliphatic heterocycles. The Morgan fingerprint density at radius 2 is 1.56 bits per heavy atom. The molecular weight excluding hydrogens is 324 g/mol. The summed E-state index contributed by atoms with van der Waals surface area (Å²) in [6.45, 7) is 4.21. The van der Waals surface area contributed by atoms with Crippen molar-refractivity contribution < 1.29 is 28.5 Å². The van der Waals surface area contributed by atoms with Gasteiger partial charge in [0.2, 0.25) is 5.75 Å². The molecule has 1 aliphatic carbocycles. The normalized spacial score (nSPS) is 21.2. The first-order valence-electron chi connectivity index (χ1n) is 8.54. The van der Waals surface area contributed by atoms with E-state index in [1.54, 1.807) is 19.2 Å². The van der Waals surface area contributed by atoms with Gasteiger partial charge in [-0.2, -0.15) is 0 Å². The first kappa shape index (κ1) is 19.4. The van der Waals surface area contributed by atoms with Gasteiger partial charge < -0.3 is 23.7 Å². The van der Waals surface area contributed by atoms with E-state index in [9.17, 15) is 4.79 Å². The lowest BCUT2D eigenvalue weighted by Gasteiger charge is -2.53. The summed E-state index contributed by atoms with van der Waals surface area (Å²) >= 11 is 0. The summed E-state index contributed by atoms with van der Waals surface area (Å²) in [5.41, 5.74) is 0.252. The third kappa shape index (κ3) is 3.27. The van der Waals surface area contributed by atoms with E-state index in [-0.39, 0.29) is 17.6 Å². The summed E-state index contributed by atoms with van der Waals surface area (Å²) in [5.74, 6) is 0.898. The zero-order valence-corrected chi connectivity index (χ0v) is 15.9. The van der Waals surface area contributed by atoms with Crippen LogP contribution in [0.3, 0.4) is 0 Å². The largest absolute Gasteiger partial charge is 0.493 e. The van der Waals surface area contributed by atoms with Crippen LogP contribution in [0.5, 0.6) is 17.2 Å². The van der Waals surface area contributed by atoms with Crippen LogP contribution in [0.4, 0.5) is 0 Å². The molecule has 0 spiro atoms. The Kier molecular flexibility index (Phi) is 6.16. The Bertz CT molecular complexity index is 583. The number of ether oxygens (including phenoxy) is 5. The maximum Gasteiger partial charge on any atom is 0.338 e. The van der Waals surface area contributed by atoms with Crippen molar-refractivity contribution in [2.75, 3.05) is 28.4 Å². The fraction of sp³-hybridized carbons (Fsp3) is 0.632. The van der Waals surface area contributed by atoms with Crippen LogP contribution in [-0.4, -0.2) is 46.6 Å². The predicted octanol–water partition coefficient (Wildman–Crippen LogP) is 3.46. The van der Waals surface area contributed by atoms with Crippen LogP contribution in [0.1, 0.15) is 43.5 Å². The van der Waals surface area contributed by atoms with E-state index in [1.807, 2.05) is 0 Å². The summed E-state index contributed by atoms with van der Waals surface area (Å²) in [7, 11) is 6.26. The first-order valence-corrected chi connectivity index (χ1v) is 8.54. The fourth-order valence-corrected chi connectivity index (χ4v) is 3.76. The van der Waals surface area contributed by atoms with Gasteiger partial charge in [0.25, 0.3) is 0 Å². The molecule has 2 rings (SSSR count). The highest BCUT2D eigenvalue weighted by molar-refractivity contribution is 5.91. The SMILES string of the molecule is CCC1(CC)[C@H](OC)C[C@H]1OC(=O)c1cc(OC)c(OC)c(OC)c1. The molecule has 0 bridgehead atoms. The minimum absolute atomic E-state index is 0.120. The summed E-state index contributed by atoms with van der Waals surface area (Å²) in [4.78, 5) is 12.7. The van der Waals surface area contributed by atoms with Gasteiger partial charge in [-0.3, -0.25) is 0 Å². The van der Waals surface area contributed by atoms with E-state index in [0.29, 0.717) is 29.2 Å². The van der Waals surface area contributed by atoms with Crippen molar-refractivity contribution in [3.8, 4) is 17.2 Å². The molecule has 1 fully saturated rings. The minimum atomic E-state index is -0.398. The highest BCUT2D eigenvalue weighted by atomic mass is 16.6. The Morgan fingerprint density at radius 3 is 1.96 bits per heavy atom. The van der Waals surface area contributed by atoms with Crippen LogP contribution in [0, 0.1) is 5.41 Å². The quantitative estimate of drug-likeness (QED) is 0.668. The Morgan fingerprint density at radius 1 is 1.00 bits per heavy atom. The molecule has 1 aliphatic rings. The summed E-state index contributed by atoms with van der Waals surface area (Å²) in [6.07, 6.45) is 2.48. The Labute approximate surface area is 149 Å². The van der Waals surface area contributed by atoms with Crippen molar-refractivity contribution in [2.45, 2.75) is 45.3 Å². The number of methoxy groups -OCH3 is 4. The second-order valence-corrected chi connectivity index (χ2v) is 6.21. The zero-order valence-electron chi connectivity index (χ0n) is 15.9. The van der Waals surface area contributed by atoms with E-state index < -0.39 is 5.97 Å². The van der Waals surface area contributed by atoms with Crippen LogP contribution < -0.4 is 14.2 Å². The molecule has 6 nitrogen and oxygen atoms in total. The van der Waals surface area contributed by atoms with Gasteiger partial charge in [0, 0.05) is 18.9 Å². The maximum atomic E-state index is 12.7. The van der Waals surface area contributed by atoms with Gasteiger partial charge in [-0.1, -0.05) is 13.8 Å². The minimum Gasteiger partial charge on any atom is -0.493 e. The van der Waals surface area contributed by atoms with Crippen molar-refractivity contribution in [3.63, 3.8) is 0 Å². The number of carbonyl (C=O) groups is 1. The second-order valence-electron chi connectivity index (χ2n) is 6.21. The lowest BCUT2D eigenvalue weighted by molar-refractivity contribution is -0.186. The molecule has 0 heterocycles. The van der Waals surface area contributed by atoms with Gasteiger partial charge in [0.05, 0.1) is 33.0 Å². The molecule has 1 aromatic carbocycles. The summed E-state index contributed by atoms with van der Waals surface area (Å²) in [5, 5.41) is 0. The average Bonchev–Trinajstić information content (AvgIpc) is 2.64. The van der Waals surface area contributed by atoms with Gasteiger partial charge in [-0.25, -0.2) is 4.79 Å². The third-order valence-corrected chi connectivity index (χ3v) is 5.46. The van der Waals surface area contributed by atoms with Gasteiger partial charge in [-0.15, -0.1) is 0 Å². The molecule has 0 saturated heterocycles. The highest BCUT2D eigenvalue weighted by Gasteiger charge is 2.55. The Hall–Kier alpha value is -1.95. The fourth-order valence-electron chi connectivity index (χ4n) is 3.76. The molecular formula is C19H28O6. The van der Waals surface area contributed by atoms with Gasteiger partial charge in [0.1, 0.15) is 6.10 Å². The van der Waals surface area contributed by atoms with Crippen molar-refractivity contribution >= 4 is 5.97 Å². The predicted molar refractivity (Wildman–Crippen MR) is 93.7 cm³/mol. The smallest absolute Gasteiger partial charge is 0.338 e. The molecule has 0 N–H and O–H groups in total. The van der Waals surface area contributed by atoms with Crippen molar-refractivity contribution in [1.29, 1.82) is 0 Å². The molecule has 0 amide bonds. The van der Waals surface area contributed by atoms with E-state index in [2.05, 4.69) is 13.8 Å². The van der Waals surface area contributed by atoms with Gasteiger partial charge >= 0.3 is 5.97 Å². The number of benzene rings is 1. The number of rotatable bonds is 8. The van der Waals surface area contributed by atoms with E-state index in [1.165, 1.54) is 21.3 Å². The second kappa shape index (κ2) is 7.95. The molecule has 2 atom stereocenters. The van der Waals surface area contributed by atoms with Crippen molar-refractivity contribution in [3.05, 3.63) is 17.7 Å². The van der Waals surface area contributed by atoms with E-state index in [0.717, 1.165) is 12.8 Å². The zero-order chi connectivity index (χ0) is 18.6. The van der Waals surface area contributed by atoms with E-state index in [4.69, 9.17) is 23.7 Å². The molecule has 1 saturated carbocycles. The van der Waals surface area contributed by atoms with E-state index >= 15 is 0 Å². The third-order valence-electron chi connectivity index (χ3n) is 5.46. The monoisotopic (exact) mass is 352 g/mol. The van der Waals surface area contributed by atoms with Crippen LogP contribution in [0.25, 0.3) is 0 Å². The van der Waals surface area contributed by atoms with Crippen molar-refractivity contribution in [1.82, 2.24) is 0 Å². The number of esters is 1. The van der Waals surface area contributed by atoms with Gasteiger partial charge in [-0.05, 0) is 25.0 Å². The van der Waals surface area contributed by atoms with Gasteiger partial charge in [0.15, 0.2) is 11.5 Å². The number of hydrogen-bond acceptors (Lipinski definition) is 6. The number of hydrogen-bond donors (Lipinski definition) is 0. The van der Waals surface area contributed by atoms with Crippen LogP contribution >= 0.6 is 0 Å². The lowest BCUT2D eigenvalue weighted by atomic mass is 9.60. The highest BCUT2D eigenvalue weighted by Crippen LogP contribution is 2.50. The summed E-state index contributed by atoms with van der Waals surface area (Å²) in [6, 6.07) is 3.21. The van der Waals surface area contributed by atoms with Crippen LogP contribution in [-0.2, 0) is 9.47 Å². The maximum absolute atomic E-state index is 12.7.